The summed E-state index contributed by atoms with van der Waals surface area (Å²) >= 11 is 0. The van der Waals surface area contributed by atoms with Crippen LogP contribution in [0.15, 0.2) is 18.2 Å². The Hall–Kier alpha value is -0.860. The fourth-order valence-electron chi connectivity index (χ4n) is 3.14. The lowest BCUT2D eigenvalue weighted by molar-refractivity contribution is 0.312. The molecule has 0 aliphatic carbocycles. The molecule has 18 heavy (non-hydrogen) atoms. The molecule has 1 saturated heterocycles. The largest absolute Gasteiger partial charge is 0.330 e. The second kappa shape index (κ2) is 5.85. The molecule has 0 bridgehead atoms. The topological polar surface area (TPSA) is 29.3 Å². The van der Waals surface area contributed by atoms with Crippen LogP contribution < -0.4 is 5.73 Å². The van der Waals surface area contributed by atoms with Gasteiger partial charge in [-0.15, -0.1) is 0 Å². The first-order chi connectivity index (χ1) is 8.69. The molecule has 2 heteroatoms. The second-order valence-corrected chi connectivity index (χ2v) is 5.53. The van der Waals surface area contributed by atoms with E-state index in [0.717, 1.165) is 25.9 Å². The van der Waals surface area contributed by atoms with Crippen LogP contribution in [-0.2, 0) is 12.8 Å². The Morgan fingerprint density at radius 2 is 2.06 bits per heavy atom. The van der Waals surface area contributed by atoms with Crippen molar-refractivity contribution in [1.29, 1.82) is 0 Å². The molecule has 1 aliphatic rings. The molecule has 1 fully saturated rings. The highest BCUT2D eigenvalue weighted by molar-refractivity contribution is 5.35. The van der Waals surface area contributed by atoms with Crippen LogP contribution in [0.5, 0.6) is 0 Å². The third-order valence-electron chi connectivity index (χ3n) is 4.33. The van der Waals surface area contributed by atoms with Gasteiger partial charge in [0.15, 0.2) is 0 Å². The Kier molecular flexibility index (Phi) is 4.41. The van der Waals surface area contributed by atoms with Crippen molar-refractivity contribution in [3.05, 3.63) is 34.9 Å². The number of aryl methyl sites for hydroxylation is 2. The van der Waals surface area contributed by atoms with Gasteiger partial charge in [0.05, 0.1) is 0 Å². The summed E-state index contributed by atoms with van der Waals surface area (Å²) in [5.74, 6) is 0.662. The lowest BCUT2D eigenvalue weighted by Gasteiger charge is -2.23. The molecule has 2 atom stereocenters. The van der Waals surface area contributed by atoms with Gasteiger partial charge in [0, 0.05) is 12.6 Å². The van der Waals surface area contributed by atoms with E-state index in [1.165, 1.54) is 23.1 Å². The van der Waals surface area contributed by atoms with E-state index in [2.05, 4.69) is 44.0 Å². The standard InChI is InChI=1S/C16H26N2/c1-4-12-6-7-14(5-2)15(8-12)16-9-13(10-17)11-18(16)3/h6-8,13,16H,4-5,9-11,17H2,1-3H3. The second-order valence-electron chi connectivity index (χ2n) is 5.53. The molecule has 100 valence electrons. The van der Waals surface area contributed by atoms with Gasteiger partial charge in [-0.05, 0) is 55.5 Å². The molecule has 2 rings (SSSR count). The molecule has 1 aromatic carbocycles. The number of nitrogens with two attached hydrogens (primary N) is 1. The summed E-state index contributed by atoms with van der Waals surface area (Å²) in [6.45, 7) is 6.43. The molecule has 0 radical (unpaired) electrons. The smallest absolute Gasteiger partial charge is 0.0351 e. The van der Waals surface area contributed by atoms with Crippen molar-refractivity contribution in [2.24, 2.45) is 11.7 Å². The van der Waals surface area contributed by atoms with Crippen molar-refractivity contribution in [3.63, 3.8) is 0 Å². The van der Waals surface area contributed by atoms with Gasteiger partial charge >= 0.3 is 0 Å². The van der Waals surface area contributed by atoms with Gasteiger partial charge in [-0.2, -0.15) is 0 Å². The third-order valence-corrected chi connectivity index (χ3v) is 4.33. The van der Waals surface area contributed by atoms with Gasteiger partial charge < -0.3 is 5.73 Å². The van der Waals surface area contributed by atoms with Crippen LogP contribution in [0, 0.1) is 5.92 Å². The number of hydrogen-bond acceptors (Lipinski definition) is 2. The van der Waals surface area contributed by atoms with Gasteiger partial charge in [-0.25, -0.2) is 0 Å². The predicted octanol–water partition coefficient (Wildman–Crippen LogP) is 2.76. The first-order valence-corrected chi connectivity index (χ1v) is 7.21. The number of hydrogen-bond donors (Lipinski definition) is 1. The lowest BCUT2D eigenvalue weighted by atomic mass is 9.92. The van der Waals surface area contributed by atoms with Crippen LogP contribution >= 0.6 is 0 Å². The molecular weight excluding hydrogens is 220 g/mol. The molecule has 0 aromatic heterocycles. The first-order valence-electron chi connectivity index (χ1n) is 7.21. The summed E-state index contributed by atoms with van der Waals surface area (Å²) in [5, 5.41) is 0. The van der Waals surface area contributed by atoms with Crippen molar-refractivity contribution in [2.45, 2.75) is 39.2 Å². The molecule has 2 unspecified atom stereocenters. The van der Waals surface area contributed by atoms with Crippen molar-refractivity contribution >= 4 is 0 Å². The van der Waals surface area contributed by atoms with E-state index < -0.39 is 0 Å². The Labute approximate surface area is 111 Å². The minimum Gasteiger partial charge on any atom is -0.330 e. The molecule has 2 N–H and O–H groups in total. The SMILES string of the molecule is CCc1ccc(CC)c(C2CC(CN)CN2C)c1. The first kappa shape index (κ1) is 13.6. The van der Waals surface area contributed by atoms with Crippen LogP contribution in [-0.4, -0.2) is 25.0 Å². The highest BCUT2D eigenvalue weighted by atomic mass is 15.2. The maximum atomic E-state index is 5.84. The number of likely N-dealkylation sites (tertiary alicyclic amines) is 1. The van der Waals surface area contributed by atoms with Crippen molar-refractivity contribution in [3.8, 4) is 0 Å². The molecule has 1 aliphatic heterocycles. The van der Waals surface area contributed by atoms with E-state index in [1.807, 2.05) is 0 Å². The van der Waals surface area contributed by atoms with Crippen molar-refractivity contribution < 1.29 is 0 Å². The van der Waals surface area contributed by atoms with Crippen LogP contribution in [0.2, 0.25) is 0 Å². The van der Waals surface area contributed by atoms with Crippen LogP contribution in [0.1, 0.15) is 43.0 Å². The molecule has 0 saturated carbocycles. The highest BCUT2D eigenvalue weighted by Gasteiger charge is 2.30. The maximum Gasteiger partial charge on any atom is 0.0351 e. The zero-order valence-corrected chi connectivity index (χ0v) is 11.9. The fraction of sp³-hybridized carbons (Fsp3) is 0.625. The summed E-state index contributed by atoms with van der Waals surface area (Å²) in [5.41, 5.74) is 10.3. The normalized spacial score (nSPS) is 24.7. The highest BCUT2D eigenvalue weighted by Crippen LogP contribution is 2.36. The predicted molar refractivity (Wildman–Crippen MR) is 77.7 cm³/mol. The van der Waals surface area contributed by atoms with E-state index >= 15 is 0 Å². The lowest BCUT2D eigenvalue weighted by Crippen LogP contribution is -2.21. The molecule has 0 spiro atoms. The maximum absolute atomic E-state index is 5.84. The average molecular weight is 246 g/mol. The van der Waals surface area contributed by atoms with Gasteiger partial charge in [0.1, 0.15) is 0 Å². The summed E-state index contributed by atoms with van der Waals surface area (Å²) < 4.78 is 0. The zero-order chi connectivity index (χ0) is 13.1. The quantitative estimate of drug-likeness (QED) is 0.885. The zero-order valence-electron chi connectivity index (χ0n) is 11.9. The van der Waals surface area contributed by atoms with E-state index in [9.17, 15) is 0 Å². The molecule has 1 heterocycles. The van der Waals surface area contributed by atoms with Crippen molar-refractivity contribution in [1.82, 2.24) is 4.90 Å². The summed E-state index contributed by atoms with van der Waals surface area (Å²) in [7, 11) is 2.23. The molecule has 0 amide bonds. The van der Waals surface area contributed by atoms with Gasteiger partial charge in [0.2, 0.25) is 0 Å². The van der Waals surface area contributed by atoms with E-state index in [1.54, 1.807) is 0 Å². The van der Waals surface area contributed by atoms with E-state index in [0.29, 0.717) is 12.0 Å². The summed E-state index contributed by atoms with van der Waals surface area (Å²) in [4.78, 5) is 2.48. The molecule has 2 nitrogen and oxygen atoms in total. The van der Waals surface area contributed by atoms with Gasteiger partial charge in [-0.1, -0.05) is 32.0 Å². The van der Waals surface area contributed by atoms with Crippen molar-refractivity contribution in [2.75, 3.05) is 20.1 Å². The molecule has 1 aromatic rings. The molecular formula is C16H26N2. The average Bonchev–Trinajstić information content (AvgIpc) is 2.79. The number of benzene rings is 1. The van der Waals surface area contributed by atoms with E-state index in [4.69, 9.17) is 5.73 Å². The van der Waals surface area contributed by atoms with Crippen LogP contribution in [0.3, 0.4) is 0 Å². The Bertz CT molecular complexity index is 400. The van der Waals surface area contributed by atoms with E-state index in [-0.39, 0.29) is 0 Å². The Morgan fingerprint density at radius 1 is 1.28 bits per heavy atom. The Morgan fingerprint density at radius 3 is 2.61 bits per heavy atom. The number of rotatable bonds is 4. The Balaban J connectivity index is 2.31. The fourth-order valence-corrected chi connectivity index (χ4v) is 3.14. The summed E-state index contributed by atoms with van der Waals surface area (Å²) in [6, 6.07) is 7.58. The van der Waals surface area contributed by atoms with Gasteiger partial charge in [0.25, 0.3) is 0 Å². The number of nitrogens with zero attached hydrogens (tertiary/aromatic N) is 1. The minimum atomic E-state index is 0.569. The monoisotopic (exact) mass is 246 g/mol. The van der Waals surface area contributed by atoms with Crippen LogP contribution in [0.4, 0.5) is 0 Å². The summed E-state index contributed by atoms with van der Waals surface area (Å²) in [6.07, 6.45) is 3.46. The third kappa shape index (κ3) is 2.60. The van der Waals surface area contributed by atoms with Crippen LogP contribution in [0.25, 0.3) is 0 Å². The minimum absolute atomic E-state index is 0.569. The van der Waals surface area contributed by atoms with Gasteiger partial charge in [-0.3, -0.25) is 4.90 Å².